The van der Waals surface area contributed by atoms with Crippen LogP contribution in [0.5, 0.6) is 5.75 Å². The minimum Gasteiger partial charge on any atom is -0.494 e. The number of hydrazine groups is 1. The van der Waals surface area contributed by atoms with Crippen molar-refractivity contribution in [1.82, 2.24) is 10.4 Å². The molecule has 0 atom stereocenters. The molecule has 0 spiro atoms. The molecule has 2 rings (SSSR count). The third kappa shape index (κ3) is 2.66. The summed E-state index contributed by atoms with van der Waals surface area (Å²) >= 11 is 1.29. The molecule has 0 saturated carbocycles. The average molecular weight is 263 g/mol. The van der Waals surface area contributed by atoms with Gasteiger partial charge in [-0.2, -0.15) is 0 Å². The van der Waals surface area contributed by atoms with E-state index in [1.807, 2.05) is 31.2 Å². The molecule has 0 aliphatic rings. The Kier molecular flexibility index (Phi) is 3.91. The van der Waals surface area contributed by atoms with Crippen molar-refractivity contribution in [3.63, 3.8) is 0 Å². The van der Waals surface area contributed by atoms with E-state index >= 15 is 0 Å². The number of hydrogen-bond acceptors (Lipinski definition) is 5. The Morgan fingerprint density at radius 1 is 1.44 bits per heavy atom. The van der Waals surface area contributed by atoms with Crippen molar-refractivity contribution in [2.24, 2.45) is 5.84 Å². The van der Waals surface area contributed by atoms with Gasteiger partial charge in [-0.3, -0.25) is 10.2 Å². The largest absolute Gasteiger partial charge is 0.494 e. The first-order valence-electron chi connectivity index (χ1n) is 5.44. The maximum Gasteiger partial charge on any atom is 0.276 e. The van der Waals surface area contributed by atoms with E-state index in [1.165, 1.54) is 17.5 Å². The predicted octanol–water partition coefficient (Wildman–Crippen LogP) is 1.81. The summed E-state index contributed by atoms with van der Waals surface area (Å²) in [4.78, 5) is 16.0. The van der Waals surface area contributed by atoms with Crippen molar-refractivity contribution in [1.29, 1.82) is 0 Å². The minimum atomic E-state index is -0.329. The van der Waals surface area contributed by atoms with Crippen LogP contribution in [0.25, 0.3) is 10.6 Å². The number of amides is 1. The molecule has 3 N–H and O–H groups in total. The molecule has 2 aromatic rings. The number of aromatic nitrogens is 1. The standard InChI is InChI=1S/C12H13N3O2S/c1-2-17-9-5-3-8(4-6-9)12-14-7-10(18-12)11(16)15-13/h3-7H,2,13H2,1H3,(H,15,16). The molecule has 0 saturated heterocycles. The predicted molar refractivity (Wildman–Crippen MR) is 70.4 cm³/mol. The van der Waals surface area contributed by atoms with Gasteiger partial charge in [0.25, 0.3) is 5.91 Å². The van der Waals surface area contributed by atoms with Gasteiger partial charge >= 0.3 is 0 Å². The smallest absolute Gasteiger partial charge is 0.276 e. The summed E-state index contributed by atoms with van der Waals surface area (Å²) < 4.78 is 5.36. The second-order valence-corrected chi connectivity index (χ2v) is 4.49. The molecule has 1 aromatic heterocycles. The number of thiazole rings is 1. The molecular weight excluding hydrogens is 250 g/mol. The monoisotopic (exact) mass is 263 g/mol. The quantitative estimate of drug-likeness (QED) is 0.501. The fourth-order valence-electron chi connectivity index (χ4n) is 1.44. The summed E-state index contributed by atoms with van der Waals surface area (Å²) in [6, 6.07) is 7.58. The number of carbonyl (C=O) groups is 1. The van der Waals surface area contributed by atoms with Crippen LogP contribution < -0.4 is 16.0 Å². The van der Waals surface area contributed by atoms with Crippen molar-refractivity contribution in [3.8, 4) is 16.3 Å². The van der Waals surface area contributed by atoms with E-state index in [-0.39, 0.29) is 5.91 Å². The lowest BCUT2D eigenvalue weighted by Gasteiger charge is -2.02. The summed E-state index contributed by atoms with van der Waals surface area (Å²) in [5.41, 5.74) is 3.03. The zero-order valence-corrected chi connectivity index (χ0v) is 10.7. The first-order valence-corrected chi connectivity index (χ1v) is 6.26. The molecule has 5 nitrogen and oxygen atoms in total. The van der Waals surface area contributed by atoms with Gasteiger partial charge in [0.2, 0.25) is 0 Å². The van der Waals surface area contributed by atoms with Gasteiger partial charge in [-0.15, -0.1) is 11.3 Å². The second kappa shape index (κ2) is 5.61. The third-order valence-electron chi connectivity index (χ3n) is 2.27. The van der Waals surface area contributed by atoms with Gasteiger partial charge in [-0.25, -0.2) is 10.8 Å². The minimum absolute atomic E-state index is 0.329. The van der Waals surface area contributed by atoms with Gasteiger partial charge in [0.05, 0.1) is 12.8 Å². The van der Waals surface area contributed by atoms with Crippen LogP contribution in [-0.2, 0) is 0 Å². The summed E-state index contributed by atoms with van der Waals surface area (Å²) in [7, 11) is 0. The molecule has 0 aliphatic carbocycles. The second-order valence-electron chi connectivity index (χ2n) is 3.46. The molecule has 94 valence electrons. The Morgan fingerprint density at radius 2 is 2.17 bits per heavy atom. The van der Waals surface area contributed by atoms with E-state index in [0.717, 1.165) is 16.3 Å². The van der Waals surface area contributed by atoms with Crippen LogP contribution in [0.4, 0.5) is 0 Å². The number of nitrogens with two attached hydrogens (primary N) is 1. The number of nitrogen functional groups attached to an aromatic ring is 1. The van der Waals surface area contributed by atoms with Crippen LogP contribution in [0.3, 0.4) is 0 Å². The number of nitrogens with zero attached hydrogens (tertiary/aromatic N) is 1. The van der Waals surface area contributed by atoms with Crippen LogP contribution in [0, 0.1) is 0 Å². The average Bonchev–Trinajstić information content (AvgIpc) is 2.89. The summed E-state index contributed by atoms with van der Waals surface area (Å²) in [6.45, 7) is 2.57. The maximum atomic E-state index is 11.3. The fourth-order valence-corrected chi connectivity index (χ4v) is 2.27. The van der Waals surface area contributed by atoms with Gasteiger partial charge in [0.1, 0.15) is 15.6 Å². The first-order chi connectivity index (χ1) is 8.74. The third-order valence-corrected chi connectivity index (χ3v) is 3.32. The molecule has 0 radical (unpaired) electrons. The molecule has 6 heteroatoms. The number of nitrogens with one attached hydrogen (secondary N) is 1. The highest BCUT2D eigenvalue weighted by Gasteiger charge is 2.10. The maximum absolute atomic E-state index is 11.3. The van der Waals surface area contributed by atoms with Crippen molar-refractivity contribution >= 4 is 17.2 Å². The molecule has 0 bridgehead atoms. The summed E-state index contributed by atoms with van der Waals surface area (Å²) in [5, 5.41) is 0.775. The van der Waals surface area contributed by atoms with Crippen LogP contribution in [0.1, 0.15) is 16.6 Å². The van der Waals surface area contributed by atoms with Crippen LogP contribution in [0.2, 0.25) is 0 Å². The number of rotatable bonds is 4. The number of hydrogen-bond donors (Lipinski definition) is 2. The Hall–Kier alpha value is -1.92. The van der Waals surface area contributed by atoms with Crippen LogP contribution >= 0.6 is 11.3 Å². The van der Waals surface area contributed by atoms with E-state index < -0.39 is 0 Å². The lowest BCUT2D eigenvalue weighted by molar-refractivity contribution is 0.0957. The van der Waals surface area contributed by atoms with Crippen LogP contribution in [0.15, 0.2) is 30.5 Å². The van der Waals surface area contributed by atoms with Crippen molar-refractivity contribution in [2.75, 3.05) is 6.61 Å². The van der Waals surface area contributed by atoms with Crippen molar-refractivity contribution in [2.45, 2.75) is 6.92 Å². The lowest BCUT2D eigenvalue weighted by atomic mass is 10.2. The van der Waals surface area contributed by atoms with Crippen LogP contribution in [-0.4, -0.2) is 17.5 Å². The molecule has 1 amide bonds. The molecule has 18 heavy (non-hydrogen) atoms. The van der Waals surface area contributed by atoms with Crippen molar-refractivity contribution in [3.05, 3.63) is 35.3 Å². The molecular formula is C12H13N3O2S. The fraction of sp³-hybridized carbons (Fsp3) is 0.167. The van der Waals surface area contributed by atoms with Gasteiger partial charge < -0.3 is 4.74 Å². The molecule has 0 unspecified atom stereocenters. The Bertz CT molecular complexity index is 537. The molecule has 1 heterocycles. The van der Waals surface area contributed by atoms with E-state index in [0.29, 0.717) is 11.5 Å². The van der Waals surface area contributed by atoms with E-state index in [9.17, 15) is 4.79 Å². The number of ether oxygens (including phenoxy) is 1. The summed E-state index contributed by atoms with van der Waals surface area (Å²) in [6.07, 6.45) is 1.51. The highest BCUT2D eigenvalue weighted by atomic mass is 32.1. The summed E-state index contributed by atoms with van der Waals surface area (Å²) in [5.74, 6) is 5.56. The zero-order chi connectivity index (χ0) is 13.0. The van der Waals surface area contributed by atoms with Gasteiger partial charge in [-0.1, -0.05) is 0 Å². The number of carbonyl (C=O) groups excluding carboxylic acids is 1. The SMILES string of the molecule is CCOc1ccc(-c2ncc(C(=O)NN)s2)cc1. The first kappa shape index (κ1) is 12.5. The molecule has 0 fully saturated rings. The van der Waals surface area contributed by atoms with E-state index in [1.54, 1.807) is 0 Å². The zero-order valence-electron chi connectivity index (χ0n) is 9.84. The highest BCUT2D eigenvalue weighted by molar-refractivity contribution is 7.16. The Labute approximate surface area is 109 Å². The Balaban J connectivity index is 2.20. The topological polar surface area (TPSA) is 77.2 Å². The molecule has 0 aliphatic heterocycles. The van der Waals surface area contributed by atoms with E-state index in [2.05, 4.69) is 10.4 Å². The van der Waals surface area contributed by atoms with Gasteiger partial charge in [-0.05, 0) is 31.2 Å². The Morgan fingerprint density at radius 3 is 2.78 bits per heavy atom. The van der Waals surface area contributed by atoms with Crippen molar-refractivity contribution < 1.29 is 9.53 Å². The normalized spacial score (nSPS) is 10.1. The number of benzene rings is 1. The van der Waals surface area contributed by atoms with E-state index in [4.69, 9.17) is 10.6 Å². The van der Waals surface area contributed by atoms with Gasteiger partial charge in [0.15, 0.2) is 0 Å². The molecule has 1 aromatic carbocycles. The van der Waals surface area contributed by atoms with Gasteiger partial charge in [0, 0.05) is 5.56 Å². The lowest BCUT2D eigenvalue weighted by Crippen LogP contribution is -2.29. The highest BCUT2D eigenvalue weighted by Crippen LogP contribution is 2.26.